The third-order valence-electron chi connectivity index (χ3n) is 7.48. The maximum Gasteiger partial charge on any atom is 0.255 e. The van der Waals surface area contributed by atoms with Gasteiger partial charge in [0.25, 0.3) is 11.8 Å². The normalized spacial score (nSPS) is 14.0. The van der Waals surface area contributed by atoms with E-state index < -0.39 is 0 Å². The molecule has 0 unspecified atom stereocenters. The van der Waals surface area contributed by atoms with Crippen LogP contribution in [0.2, 0.25) is 0 Å². The van der Waals surface area contributed by atoms with Crippen LogP contribution in [0.15, 0.2) is 65.1 Å². The number of nitrogens with one attached hydrogen (secondary N) is 2. The molecule has 0 atom stereocenters. The second kappa shape index (κ2) is 11.1. The monoisotopic (exact) mass is 543 g/mol. The Morgan fingerprint density at radius 1 is 0.975 bits per heavy atom. The molecule has 1 aromatic heterocycles. The van der Waals surface area contributed by atoms with Crippen molar-refractivity contribution in [2.45, 2.75) is 20.8 Å². The van der Waals surface area contributed by atoms with Crippen LogP contribution in [0, 0.1) is 11.2 Å². The smallest absolute Gasteiger partial charge is 0.255 e. The Bertz CT molecular complexity index is 1550. The van der Waals surface area contributed by atoms with E-state index in [1.807, 2.05) is 30.3 Å². The molecule has 0 radical (unpaired) electrons. The third-order valence-corrected chi connectivity index (χ3v) is 7.48. The maximum absolute atomic E-state index is 13.7. The first-order chi connectivity index (χ1) is 19.3. The minimum Gasteiger partial charge on any atom is -0.455 e. The van der Waals surface area contributed by atoms with Gasteiger partial charge >= 0.3 is 0 Å². The van der Waals surface area contributed by atoms with Crippen molar-refractivity contribution >= 4 is 28.5 Å². The molecule has 1 aliphatic rings. The fraction of sp³-hybridized carbons (Fsp3) is 0.312. The number of anilines is 1. The average molecular weight is 544 g/mol. The molecule has 1 saturated heterocycles. The van der Waals surface area contributed by atoms with E-state index in [1.54, 1.807) is 25.2 Å². The number of rotatable bonds is 9. The minimum absolute atomic E-state index is 0.0337. The summed E-state index contributed by atoms with van der Waals surface area (Å²) in [4.78, 5) is 28.4. The fourth-order valence-corrected chi connectivity index (χ4v) is 5.12. The second-order valence-corrected chi connectivity index (χ2v) is 10.5. The van der Waals surface area contributed by atoms with Crippen molar-refractivity contribution in [2.24, 2.45) is 5.41 Å². The number of furan rings is 1. The number of halogens is 1. The first-order valence-electron chi connectivity index (χ1n) is 13.6. The van der Waals surface area contributed by atoms with Gasteiger partial charge in [-0.15, -0.1) is 0 Å². The van der Waals surface area contributed by atoms with Crippen molar-refractivity contribution in [1.82, 2.24) is 10.6 Å². The molecule has 7 nitrogen and oxygen atoms in total. The van der Waals surface area contributed by atoms with Crippen LogP contribution in [0.5, 0.6) is 0 Å². The molecule has 1 aliphatic heterocycles. The Kier molecular flexibility index (Phi) is 7.63. The molecule has 2 amide bonds. The van der Waals surface area contributed by atoms with Crippen LogP contribution in [0.3, 0.4) is 0 Å². The lowest BCUT2D eigenvalue weighted by Gasteiger charge is -2.38. The van der Waals surface area contributed by atoms with Crippen LogP contribution in [-0.4, -0.2) is 51.7 Å². The van der Waals surface area contributed by atoms with Crippen LogP contribution < -0.4 is 15.5 Å². The highest BCUT2D eigenvalue weighted by molar-refractivity contribution is 6.13. The molecule has 208 valence electrons. The molecule has 0 bridgehead atoms. The number of carbonyl (C=O) groups is 2. The number of fused-ring (bicyclic) bond motifs is 1. The molecule has 1 fully saturated rings. The van der Waals surface area contributed by atoms with E-state index >= 15 is 0 Å². The largest absolute Gasteiger partial charge is 0.455 e. The summed E-state index contributed by atoms with van der Waals surface area (Å²) in [6, 6.07) is 17.3. The summed E-state index contributed by atoms with van der Waals surface area (Å²) in [5.41, 5.74) is 4.70. The quantitative estimate of drug-likeness (QED) is 0.276. The van der Waals surface area contributed by atoms with E-state index in [4.69, 9.17) is 9.15 Å². The van der Waals surface area contributed by atoms with Crippen LogP contribution >= 0.6 is 0 Å². The molecule has 0 saturated carbocycles. The standard InChI is InChI=1S/C32H34FN3O4/c1-5-36(6-2)26-16-27-25(28(31(38)34-4)29(40-27)20-10-12-23(33)13-11-20)15-24(26)21-8-7-9-22(14-21)30(37)35-17-32(3)18-39-19-32/h7-16H,5-6,17-19H2,1-4H3,(H,34,38)(H,35,37). The van der Waals surface area contributed by atoms with Gasteiger partial charge < -0.3 is 24.7 Å². The Morgan fingerprint density at radius 3 is 2.33 bits per heavy atom. The predicted molar refractivity (Wildman–Crippen MR) is 155 cm³/mol. The second-order valence-electron chi connectivity index (χ2n) is 10.5. The molecular weight excluding hydrogens is 509 g/mol. The van der Waals surface area contributed by atoms with E-state index in [0.717, 1.165) is 29.9 Å². The SMILES string of the molecule is CCN(CC)c1cc2oc(-c3ccc(F)cc3)c(C(=O)NC)c2cc1-c1cccc(C(=O)NCC2(C)COC2)c1. The number of ether oxygens (including phenoxy) is 1. The summed E-state index contributed by atoms with van der Waals surface area (Å²) in [6.07, 6.45) is 0. The summed E-state index contributed by atoms with van der Waals surface area (Å²) in [5, 5.41) is 6.39. The molecule has 2 N–H and O–H groups in total. The number of hydrogen-bond donors (Lipinski definition) is 2. The van der Waals surface area contributed by atoms with Crippen molar-refractivity contribution in [3.8, 4) is 22.5 Å². The number of hydrogen-bond acceptors (Lipinski definition) is 5. The fourth-order valence-electron chi connectivity index (χ4n) is 5.12. The zero-order valence-electron chi connectivity index (χ0n) is 23.3. The molecular formula is C32H34FN3O4. The molecule has 0 spiro atoms. The van der Waals surface area contributed by atoms with Gasteiger partial charge in [-0.25, -0.2) is 4.39 Å². The van der Waals surface area contributed by atoms with Gasteiger partial charge in [0.2, 0.25) is 0 Å². The lowest BCUT2D eigenvalue weighted by molar-refractivity contribution is -0.0978. The number of amides is 2. The van der Waals surface area contributed by atoms with Crippen molar-refractivity contribution in [3.63, 3.8) is 0 Å². The van der Waals surface area contributed by atoms with Gasteiger partial charge in [-0.1, -0.05) is 19.1 Å². The van der Waals surface area contributed by atoms with Crippen molar-refractivity contribution in [2.75, 3.05) is 44.8 Å². The Morgan fingerprint density at radius 2 is 1.70 bits per heavy atom. The summed E-state index contributed by atoms with van der Waals surface area (Å²) in [7, 11) is 1.57. The first kappa shape index (κ1) is 27.4. The van der Waals surface area contributed by atoms with Gasteiger partial charge in [-0.3, -0.25) is 9.59 Å². The molecule has 3 aromatic carbocycles. The third kappa shape index (κ3) is 5.19. The van der Waals surface area contributed by atoms with E-state index in [1.165, 1.54) is 12.1 Å². The molecule has 2 heterocycles. The average Bonchev–Trinajstić information content (AvgIpc) is 3.33. The minimum atomic E-state index is -0.369. The van der Waals surface area contributed by atoms with Crippen molar-refractivity contribution in [1.29, 1.82) is 0 Å². The van der Waals surface area contributed by atoms with E-state index in [2.05, 4.69) is 36.3 Å². The topological polar surface area (TPSA) is 83.8 Å². The zero-order chi connectivity index (χ0) is 28.4. The highest BCUT2D eigenvalue weighted by Gasteiger charge is 2.33. The van der Waals surface area contributed by atoms with E-state index in [-0.39, 0.29) is 23.0 Å². The van der Waals surface area contributed by atoms with E-state index in [9.17, 15) is 14.0 Å². The highest BCUT2D eigenvalue weighted by Crippen LogP contribution is 2.41. The highest BCUT2D eigenvalue weighted by atomic mass is 19.1. The summed E-state index contributed by atoms with van der Waals surface area (Å²) in [6.45, 7) is 9.57. The van der Waals surface area contributed by atoms with Gasteiger partial charge in [0.05, 0.1) is 18.8 Å². The van der Waals surface area contributed by atoms with Crippen molar-refractivity contribution in [3.05, 3.63) is 77.6 Å². The number of benzene rings is 3. The summed E-state index contributed by atoms with van der Waals surface area (Å²) in [5.74, 6) is -0.445. The molecule has 4 aromatic rings. The Balaban J connectivity index is 1.64. The Hall–Kier alpha value is -4.17. The van der Waals surface area contributed by atoms with Gasteiger partial charge in [-0.2, -0.15) is 0 Å². The molecule has 8 heteroatoms. The van der Waals surface area contributed by atoms with Gasteiger partial charge in [0, 0.05) is 65.9 Å². The molecule has 0 aliphatic carbocycles. The van der Waals surface area contributed by atoms with Gasteiger partial charge in [0.1, 0.15) is 17.2 Å². The first-order valence-corrected chi connectivity index (χ1v) is 13.6. The summed E-state index contributed by atoms with van der Waals surface area (Å²) < 4.78 is 25.2. The lowest BCUT2D eigenvalue weighted by atomic mass is 9.88. The van der Waals surface area contributed by atoms with Crippen LogP contribution in [0.4, 0.5) is 10.1 Å². The molecule has 5 rings (SSSR count). The van der Waals surface area contributed by atoms with Crippen molar-refractivity contribution < 1.29 is 23.1 Å². The number of carbonyl (C=O) groups excluding carboxylic acids is 2. The number of nitrogens with zero attached hydrogens (tertiary/aromatic N) is 1. The van der Waals surface area contributed by atoms with Gasteiger partial charge in [-0.05, 0) is 61.9 Å². The molecule has 40 heavy (non-hydrogen) atoms. The predicted octanol–water partition coefficient (Wildman–Crippen LogP) is 5.88. The van der Waals surface area contributed by atoms with E-state index in [0.29, 0.717) is 53.2 Å². The summed E-state index contributed by atoms with van der Waals surface area (Å²) >= 11 is 0. The lowest BCUT2D eigenvalue weighted by Crippen LogP contribution is -2.48. The maximum atomic E-state index is 13.7. The van der Waals surface area contributed by atoms with Crippen LogP contribution in [0.1, 0.15) is 41.5 Å². The zero-order valence-corrected chi connectivity index (χ0v) is 23.3. The Labute approximate surface area is 233 Å². The van der Waals surface area contributed by atoms with Gasteiger partial charge in [0.15, 0.2) is 0 Å². The van der Waals surface area contributed by atoms with Crippen LogP contribution in [-0.2, 0) is 4.74 Å². The van der Waals surface area contributed by atoms with Crippen LogP contribution in [0.25, 0.3) is 33.4 Å².